The molecule has 0 saturated heterocycles. The van der Waals surface area contributed by atoms with Crippen molar-refractivity contribution in [2.24, 2.45) is 5.92 Å². The monoisotopic (exact) mass is 360 g/mol. The van der Waals surface area contributed by atoms with Crippen LogP contribution in [-0.4, -0.2) is 30.7 Å². The second-order valence-electron chi connectivity index (χ2n) is 6.66. The fourth-order valence-corrected chi connectivity index (χ4v) is 3.09. The number of aromatic nitrogens is 2. The Morgan fingerprint density at radius 3 is 2.41 bits per heavy atom. The molecular weight excluding hydrogens is 340 g/mol. The lowest BCUT2D eigenvalue weighted by atomic mass is 10.2. The number of nitriles is 1. The average molecular weight is 360 g/mol. The van der Waals surface area contributed by atoms with Crippen molar-refractivity contribution >= 4 is 22.4 Å². The number of benzene rings is 2. The SMILES string of the molecule is COc1cc(OC)cc(N(CC2CC2)c2ccc3ncc(C#N)nc3c2)c1. The van der Waals surface area contributed by atoms with Crippen LogP contribution in [0.3, 0.4) is 0 Å². The summed E-state index contributed by atoms with van der Waals surface area (Å²) >= 11 is 0. The Balaban J connectivity index is 1.80. The smallest absolute Gasteiger partial charge is 0.159 e. The molecule has 4 rings (SSSR count). The van der Waals surface area contributed by atoms with Crippen LogP contribution in [0.25, 0.3) is 11.0 Å². The van der Waals surface area contributed by atoms with Crippen molar-refractivity contribution in [2.45, 2.75) is 12.8 Å². The van der Waals surface area contributed by atoms with Gasteiger partial charge in [0.05, 0.1) is 31.4 Å². The third-order valence-corrected chi connectivity index (χ3v) is 4.74. The van der Waals surface area contributed by atoms with Crippen LogP contribution >= 0.6 is 0 Å². The Morgan fingerprint density at radius 2 is 1.78 bits per heavy atom. The number of methoxy groups -OCH3 is 2. The van der Waals surface area contributed by atoms with Gasteiger partial charge in [0.1, 0.15) is 17.6 Å². The number of fused-ring (bicyclic) bond motifs is 1. The van der Waals surface area contributed by atoms with Crippen LogP contribution in [-0.2, 0) is 0 Å². The Hall–Kier alpha value is -3.33. The third-order valence-electron chi connectivity index (χ3n) is 4.74. The first kappa shape index (κ1) is 17.1. The van der Waals surface area contributed by atoms with Crippen LogP contribution in [0, 0.1) is 17.2 Å². The summed E-state index contributed by atoms with van der Waals surface area (Å²) in [5.41, 5.74) is 3.81. The molecule has 1 aliphatic carbocycles. The van der Waals surface area contributed by atoms with Crippen LogP contribution in [0.5, 0.6) is 11.5 Å². The summed E-state index contributed by atoms with van der Waals surface area (Å²) in [4.78, 5) is 11.0. The Labute approximate surface area is 158 Å². The maximum absolute atomic E-state index is 9.11. The second-order valence-corrected chi connectivity index (χ2v) is 6.66. The molecule has 0 aliphatic heterocycles. The highest BCUT2D eigenvalue weighted by Crippen LogP contribution is 2.38. The molecule has 0 unspecified atom stereocenters. The summed E-state index contributed by atoms with van der Waals surface area (Å²) in [7, 11) is 3.30. The quantitative estimate of drug-likeness (QED) is 0.660. The summed E-state index contributed by atoms with van der Waals surface area (Å²) in [6, 6.07) is 13.9. The van der Waals surface area contributed by atoms with Crippen LogP contribution in [0.1, 0.15) is 18.5 Å². The highest BCUT2D eigenvalue weighted by atomic mass is 16.5. The first-order valence-corrected chi connectivity index (χ1v) is 8.87. The van der Waals surface area contributed by atoms with E-state index in [2.05, 4.69) is 20.9 Å². The van der Waals surface area contributed by atoms with E-state index < -0.39 is 0 Å². The molecule has 27 heavy (non-hydrogen) atoms. The Morgan fingerprint density at radius 1 is 1.04 bits per heavy atom. The van der Waals surface area contributed by atoms with Gasteiger partial charge in [-0.25, -0.2) is 4.98 Å². The molecule has 0 N–H and O–H groups in total. The third kappa shape index (κ3) is 3.63. The van der Waals surface area contributed by atoms with E-state index >= 15 is 0 Å². The van der Waals surface area contributed by atoms with E-state index in [1.807, 2.05) is 36.4 Å². The van der Waals surface area contributed by atoms with Gasteiger partial charge in [-0.3, -0.25) is 4.98 Å². The Bertz CT molecular complexity index is 1000. The molecule has 2 aromatic carbocycles. The number of nitrogens with zero attached hydrogens (tertiary/aromatic N) is 4. The minimum Gasteiger partial charge on any atom is -0.497 e. The highest BCUT2D eigenvalue weighted by Gasteiger charge is 2.26. The minimum absolute atomic E-state index is 0.316. The number of hydrogen-bond donors (Lipinski definition) is 0. The van der Waals surface area contributed by atoms with Crippen LogP contribution < -0.4 is 14.4 Å². The maximum Gasteiger partial charge on any atom is 0.159 e. The molecule has 0 atom stereocenters. The molecular formula is C21H20N4O2. The van der Waals surface area contributed by atoms with Crippen molar-refractivity contribution in [2.75, 3.05) is 25.7 Å². The lowest BCUT2D eigenvalue weighted by Crippen LogP contribution is -2.20. The zero-order chi connectivity index (χ0) is 18.8. The number of rotatable bonds is 6. The molecule has 1 fully saturated rings. The first-order valence-electron chi connectivity index (χ1n) is 8.87. The molecule has 136 valence electrons. The number of ether oxygens (including phenoxy) is 2. The van der Waals surface area contributed by atoms with E-state index in [4.69, 9.17) is 14.7 Å². The summed E-state index contributed by atoms with van der Waals surface area (Å²) in [6.07, 6.45) is 3.98. The van der Waals surface area contributed by atoms with Gasteiger partial charge in [0.2, 0.25) is 0 Å². The van der Waals surface area contributed by atoms with E-state index in [0.29, 0.717) is 17.1 Å². The molecule has 0 radical (unpaired) electrons. The number of anilines is 2. The molecule has 0 amide bonds. The van der Waals surface area contributed by atoms with Gasteiger partial charge in [0, 0.05) is 36.1 Å². The van der Waals surface area contributed by atoms with Crippen molar-refractivity contribution in [3.8, 4) is 17.6 Å². The van der Waals surface area contributed by atoms with Crippen molar-refractivity contribution < 1.29 is 9.47 Å². The molecule has 6 nitrogen and oxygen atoms in total. The minimum atomic E-state index is 0.316. The van der Waals surface area contributed by atoms with E-state index in [1.165, 1.54) is 19.0 Å². The van der Waals surface area contributed by atoms with Crippen LogP contribution in [0.4, 0.5) is 11.4 Å². The van der Waals surface area contributed by atoms with E-state index in [0.717, 1.165) is 34.9 Å². The van der Waals surface area contributed by atoms with Crippen molar-refractivity contribution in [1.82, 2.24) is 9.97 Å². The first-order chi connectivity index (χ1) is 13.2. The Kier molecular flexibility index (Phi) is 4.51. The van der Waals surface area contributed by atoms with Gasteiger partial charge in [-0.2, -0.15) is 5.26 Å². The maximum atomic E-state index is 9.11. The van der Waals surface area contributed by atoms with Gasteiger partial charge in [-0.15, -0.1) is 0 Å². The molecule has 1 aliphatic rings. The second kappa shape index (κ2) is 7.12. The standard InChI is InChI=1S/C21H20N4O2/c1-26-18-7-17(8-19(10-18)27-2)25(13-14-3-4-14)16-5-6-20-21(9-16)24-15(11-22)12-23-20/h5-10,12,14H,3-4,13H2,1-2H3. The van der Waals surface area contributed by atoms with Gasteiger partial charge >= 0.3 is 0 Å². The predicted octanol–water partition coefficient (Wildman–Crippen LogP) is 4.07. The van der Waals surface area contributed by atoms with Crippen molar-refractivity contribution in [1.29, 1.82) is 5.26 Å². The molecule has 1 heterocycles. The zero-order valence-corrected chi connectivity index (χ0v) is 15.3. The lowest BCUT2D eigenvalue weighted by Gasteiger charge is -2.26. The summed E-state index contributed by atoms with van der Waals surface area (Å²) in [5.74, 6) is 2.17. The largest absolute Gasteiger partial charge is 0.497 e. The molecule has 0 bridgehead atoms. The van der Waals surface area contributed by atoms with Gasteiger partial charge < -0.3 is 14.4 Å². The summed E-state index contributed by atoms with van der Waals surface area (Å²) in [6.45, 7) is 0.910. The fraction of sp³-hybridized carbons (Fsp3) is 0.286. The van der Waals surface area contributed by atoms with Crippen LogP contribution in [0.2, 0.25) is 0 Å². The van der Waals surface area contributed by atoms with Gasteiger partial charge in [-0.05, 0) is 37.0 Å². The highest BCUT2D eigenvalue weighted by molar-refractivity contribution is 5.81. The zero-order valence-electron chi connectivity index (χ0n) is 15.3. The van der Waals surface area contributed by atoms with Crippen molar-refractivity contribution in [3.63, 3.8) is 0 Å². The molecule has 1 saturated carbocycles. The van der Waals surface area contributed by atoms with Gasteiger partial charge in [0.25, 0.3) is 0 Å². The normalized spacial score (nSPS) is 13.2. The summed E-state index contributed by atoms with van der Waals surface area (Å²) < 4.78 is 10.9. The number of hydrogen-bond acceptors (Lipinski definition) is 6. The van der Waals surface area contributed by atoms with Gasteiger partial charge in [-0.1, -0.05) is 0 Å². The van der Waals surface area contributed by atoms with Gasteiger partial charge in [0.15, 0.2) is 5.69 Å². The van der Waals surface area contributed by atoms with E-state index in [1.54, 1.807) is 14.2 Å². The molecule has 1 aromatic heterocycles. The van der Waals surface area contributed by atoms with E-state index in [-0.39, 0.29) is 0 Å². The van der Waals surface area contributed by atoms with Crippen LogP contribution in [0.15, 0.2) is 42.6 Å². The summed E-state index contributed by atoms with van der Waals surface area (Å²) in [5, 5.41) is 9.11. The molecule has 3 aromatic rings. The van der Waals surface area contributed by atoms with E-state index in [9.17, 15) is 0 Å². The lowest BCUT2D eigenvalue weighted by molar-refractivity contribution is 0.394. The fourth-order valence-electron chi connectivity index (χ4n) is 3.09. The predicted molar refractivity (Wildman–Crippen MR) is 104 cm³/mol. The average Bonchev–Trinajstić information content (AvgIpc) is 3.55. The van der Waals surface area contributed by atoms with Crippen molar-refractivity contribution in [3.05, 3.63) is 48.3 Å². The molecule has 6 heteroatoms. The molecule has 0 spiro atoms. The topological polar surface area (TPSA) is 71.3 Å².